The van der Waals surface area contributed by atoms with E-state index >= 15 is 0 Å². The number of aryl methyl sites for hydroxylation is 1. The van der Waals surface area contributed by atoms with E-state index in [0.717, 1.165) is 5.69 Å². The van der Waals surface area contributed by atoms with Crippen LogP contribution < -0.4 is 0 Å². The van der Waals surface area contributed by atoms with Crippen LogP contribution in [0.5, 0.6) is 0 Å². The first-order valence-corrected chi connectivity index (χ1v) is 7.87. The number of amides is 1. The van der Waals surface area contributed by atoms with Crippen LogP contribution in [-0.4, -0.2) is 78.6 Å². The van der Waals surface area contributed by atoms with E-state index in [9.17, 15) is 14.7 Å². The fourth-order valence-electron chi connectivity index (χ4n) is 2.82. The quantitative estimate of drug-likeness (QED) is 0.701. The zero-order valence-corrected chi connectivity index (χ0v) is 13.8. The Labute approximate surface area is 143 Å². The standard InChI is InChI=1S/C14H19N7O4/c1-9-15-11(8-25-9)7-20-2-3-21(6-10(5-20)14(23)24)13(22)4-12-16-18-19-17-12/h8,10H,2-7H2,1H3,(H,23,24)(H,16,17,18,19). The van der Waals surface area contributed by atoms with Gasteiger partial charge in [0.2, 0.25) is 5.91 Å². The highest BCUT2D eigenvalue weighted by Crippen LogP contribution is 2.14. The van der Waals surface area contributed by atoms with Gasteiger partial charge in [0.1, 0.15) is 6.26 Å². The lowest BCUT2D eigenvalue weighted by molar-refractivity contribution is -0.143. The van der Waals surface area contributed by atoms with E-state index in [0.29, 0.717) is 32.1 Å². The van der Waals surface area contributed by atoms with E-state index in [-0.39, 0.29) is 24.7 Å². The highest BCUT2D eigenvalue weighted by Gasteiger charge is 2.30. The molecule has 1 aliphatic rings. The Morgan fingerprint density at radius 2 is 2.24 bits per heavy atom. The van der Waals surface area contributed by atoms with Crippen LogP contribution in [0.2, 0.25) is 0 Å². The summed E-state index contributed by atoms with van der Waals surface area (Å²) in [5.74, 6) is -0.968. The minimum atomic E-state index is -0.930. The van der Waals surface area contributed by atoms with Crippen molar-refractivity contribution in [2.45, 2.75) is 19.9 Å². The van der Waals surface area contributed by atoms with E-state index in [2.05, 4.69) is 25.6 Å². The average molecular weight is 349 g/mol. The van der Waals surface area contributed by atoms with E-state index < -0.39 is 11.9 Å². The van der Waals surface area contributed by atoms with Gasteiger partial charge in [-0.3, -0.25) is 14.5 Å². The Hall–Kier alpha value is -2.82. The van der Waals surface area contributed by atoms with Crippen molar-refractivity contribution in [3.05, 3.63) is 23.7 Å². The molecule has 11 nitrogen and oxygen atoms in total. The lowest BCUT2D eigenvalue weighted by atomic mass is 10.1. The monoisotopic (exact) mass is 349 g/mol. The number of hydrogen-bond acceptors (Lipinski definition) is 8. The smallest absolute Gasteiger partial charge is 0.309 e. The van der Waals surface area contributed by atoms with Crippen LogP contribution in [0.4, 0.5) is 0 Å². The van der Waals surface area contributed by atoms with Crippen molar-refractivity contribution < 1.29 is 19.1 Å². The van der Waals surface area contributed by atoms with Crippen molar-refractivity contribution in [3.8, 4) is 0 Å². The lowest BCUT2D eigenvalue weighted by Crippen LogP contribution is -2.39. The number of aromatic nitrogens is 5. The van der Waals surface area contributed by atoms with Gasteiger partial charge in [-0.15, -0.1) is 10.2 Å². The van der Waals surface area contributed by atoms with Crippen molar-refractivity contribution in [2.75, 3.05) is 26.2 Å². The van der Waals surface area contributed by atoms with Gasteiger partial charge in [0.05, 0.1) is 18.0 Å². The van der Waals surface area contributed by atoms with Crippen LogP contribution in [0.15, 0.2) is 10.7 Å². The molecule has 0 spiro atoms. The van der Waals surface area contributed by atoms with E-state index in [4.69, 9.17) is 4.42 Å². The molecule has 2 aromatic rings. The van der Waals surface area contributed by atoms with Crippen LogP contribution in [0.25, 0.3) is 0 Å². The molecule has 11 heteroatoms. The van der Waals surface area contributed by atoms with Crippen LogP contribution in [0, 0.1) is 12.8 Å². The molecule has 1 atom stereocenters. The number of aliphatic carboxylic acids is 1. The summed E-state index contributed by atoms with van der Waals surface area (Å²) in [5.41, 5.74) is 0.744. The Kier molecular flexibility index (Phi) is 5.03. The molecule has 134 valence electrons. The van der Waals surface area contributed by atoms with Crippen LogP contribution in [0.3, 0.4) is 0 Å². The second kappa shape index (κ2) is 7.38. The van der Waals surface area contributed by atoms with Gasteiger partial charge >= 0.3 is 5.97 Å². The number of carbonyl (C=O) groups excluding carboxylic acids is 1. The number of nitrogens with zero attached hydrogens (tertiary/aromatic N) is 6. The molecule has 3 rings (SSSR count). The van der Waals surface area contributed by atoms with Gasteiger partial charge in [0.15, 0.2) is 11.7 Å². The second-order valence-electron chi connectivity index (χ2n) is 5.97. The number of carboxylic acid groups (broad SMARTS) is 1. The second-order valence-corrected chi connectivity index (χ2v) is 5.97. The third-order valence-electron chi connectivity index (χ3n) is 4.06. The number of carbonyl (C=O) groups is 2. The summed E-state index contributed by atoms with van der Waals surface area (Å²) >= 11 is 0. The number of H-pyrrole nitrogens is 1. The van der Waals surface area contributed by atoms with Crippen LogP contribution >= 0.6 is 0 Å². The first-order valence-electron chi connectivity index (χ1n) is 7.87. The van der Waals surface area contributed by atoms with Crippen molar-refractivity contribution in [1.29, 1.82) is 0 Å². The first-order chi connectivity index (χ1) is 12.0. The van der Waals surface area contributed by atoms with E-state index in [1.54, 1.807) is 18.1 Å². The molecule has 0 radical (unpaired) electrons. The van der Waals surface area contributed by atoms with Crippen LogP contribution in [-0.2, 0) is 22.6 Å². The summed E-state index contributed by atoms with van der Waals surface area (Å²) in [4.78, 5) is 31.7. The summed E-state index contributed by atoms with van der Waals surface area (Å²) in [6.07, 6.45) is 1.56. The Morgan fingerprint density at radius 3 is 2.88 bits per heavy atom. The Balaban J connectivity index is 1.66. The molecule has 1 amide bonds. The van der Waals surface area contributed by atoms with E-state index in [1.807, 2.05) is 4.90 Å². The average Bonchev–Trinajstić information content (AvgIpc) is 3.15. The summed E-state index contributed by atoms with van der Waals surface area (Å²) in [6.45, 7) is 3.71. The molecule has 25 heavy (non-hydrogen) atoms. The topological polar surface area (TPSA) is 141 Å². The fraction of sp³-hybridized carbons (Fsp3) is 0.571. The van der Waals surface area contributed by atoms with Gasteiger partial charge in [-0.2, -0.15) is 5.21 Å². The number of oxazole rings is 1. The van der Waals surface area contributed by atoms with Crippen molar-refractivity contribution in [2.24, 2.45) is 5.92 Å². The predicted octanol–water partition coefficient (Wildman–Crippen LogP) is -0.916. The number of aromatic amines is 1. The van der Waals surface area contributed by atoms with Crippen molar-refractivity contribution in [1.82, 2.24) is 35.4 Å². The van der Waals surface area contributed by atoms with Gasteiger partial charge in [-0.25, -0.2) is 4.98 Å². The molecule has 2 aromatic heterocycles. The summed E-state index contributed by atoms with van der Waals surface area (Å²) in [7, 11) is 0. The molecule has 1 unspecified atom stereocenters. The summed E-state index contributed by atoms with van der Waals surface area (Å²) in [5, 5.41) is 22.7. The summed E-state index contributed by atoms with van der Waals surface area (Å²) < 4.78 is 5.19. The number of nitrogens with one attached hydrogen (secondary N) is 1. The molecule has 1 aliphatic heterocycles. The van der Waals surface area contributed by atoms with Crippen LogP contribution in [0.1, 0.15) is 17.4 Å². The van der Waals surface area contributed by atoms with Gasteiger partial charge in [-0.1, -0.05) is 5.21 Å². The van der Waals surface area contributed by atoms with Gasteiger partial charge in [0, 0.05) is 39.6 Å². The molecule has 0 aromatic carbocycles. The molecule has 0 bridgehead atoms. The van der Waals surface area contributed by atoms with E-state index in [1.165, 1.54) is 0 Å². The Bertz CT molecular complexity index is 729. The number of hydrogen-bond donors (Lipinski definition) is 2. The minimum Gasteiger partial charge on any atom is -0.481 e. The highest BCUT2D eigenvalue weighted by molar-refractivity contribution is 5.79. The molecule has 1 fully saturated rings. The SMILES string of the molecule is Cc1nc(CN2CCN(C(=O)Cc3nn[nH]n3)CC(C(=O)O)C2)co1. The fourth-order valence-corrected chi connectivity index (χ4v) is 2.82. The maximum atomic E-state index is 12.4. The molecular weight excluding hydrogens is 330 g/mol. The molecule has 0 saturated carbocycles. The zero-order chi connectivity index (χ0) is 17.8. The summed E-state index contributed by atoms with van der Waals surface area (Å²) in [6, 6.07) is 0. The number of rotatable bonds is 5. The molecule has 1 saturated heterocycles. The van der Waals surface area contributed by atoms with Gasteiger partial charge < -0.3 is 14.4 Å². The molecule has 0 aliphatic carbocycles. The largest absolute Gasteiger partial charge is 0.481 e. The number of carboxylic acids is 1. The highest BCUT2D eigenvalue weighted by atomic mass is 16.4. The molecule has 2 N–H and O–H groups in total. The van der Waals surface area contributed by atoms with Crippen molar-refractivity contribution >= 4 is 11.9 Å². The van der Waals surface area contributed by atoms with Crippen molar-refractivity contribution in [3.63, 3.8) is 0 Å². The molecular formula is C14H19N7O4. The zero-order valence-electron chi connectivity index (χ0n) is 13.8. The third-order valence-corrected chi connectivity index (χ3v) is 4.06. The van der Waals surface area contributed by atoms with Gasteiger partial charge in [-0.05, 0) is 0 Å². The predicted molar refractivity (Wildman–Crippen MR) is 82.1 cm³/mol. The van der Waals surface area contributed by atoms with Gasteiger partial charge in [0.25, 0.3) is 0 Å². The third kappa shape index (κ3) is 4.38. The maximum absolute atomic E-state index is 12.4. The molecule has 3 heterocycles. The normalized spacial score (nSPS) is 18.9. The maximum Gasteiger partial charge on any atom is 0.309 e. The number of tetrazole rings is 1. The lowest BCUT2D eigenvalue weighted by Gasteiger charge is -2.21. The first kappa shape index (κ1) is 17.0. The Morgan fingerprint density at radius 1 is 1.40 bits per heavy atom. The minimum absolute atomic E-state index is 0.00861.